The lowest BCUT2D eigenvalue weighted by Gasteiger charge is -2.20. The van der Waals surface area contributed by atoms with Gasteiger partial charge in [0.1, 0.15) is 0 Å². The molecule has 0 atom stereocenters. The Kier molecular flexibility index (Phi) is 5.22. The van der Waals surface area contributed by atoms with Gasteiger partial charge in [0.25, 0.3) is 0 Å². The van der Waals surface area contributed by atoms with Gasteiger partial charge in [-0.05, 0) is 12.2 Å². The maximum absolute atomic E-state index is 11.9. The summed E-state index contributed by atoms with van der Waals surface area (Å²) in [5.74, 6) is 0.960. The second-order valence-electron chi connectivity index (χ2n) is 4.36. The Morgan fingerprint density at radius 2 is 2.25 bits per heavy atom. The molecule has 0 aromatic carbocycles. The molecule has 1 aliphatic heterocycles. The number of carboxylic acids is 1. The average Bonchev–Trinajstić information content (AvgIpc) is 2.73. The van der Waals surface area contributed by atoms with Crippen molar-refractivity contribution >= 4 is 23.8 Å². The van der Waals surface area contributed by atoms with Crippen LogP contribution in [0.25, 0.3) is 0 Å². The summed E-state index contributed by atoms with van der Waals surface area (Å²) in [5, 5.41) is 18.7. The topological polar surface area (TPSA) is 100 Å². The van der Waals surface area contributed by atoms with Gasteiger partial charge in [-0.1, -0.05) is 5.21 Å². The monoisotopic (exact) mass is 299 g/mol. The summed E-state index contributed by atoms with van der Waals surface area (Å²) in [6.07, 6.45) is 2.36. The number of aromatic nitrogens is 3. The van der Waals surface area contributed by atoms with E-state index in [9.17, 15) is 9.59 Å². The fraction of sp³-hybridized carbons (Fsp3) is 0.636. The van der Waals surface area contributed by atoms with Crippen LogP contribution in [0.1, 0.15) is 16.9 Å². The van der Waals surface area contributed by atoms with Gasteiger partial charge >= 0.3 is 12.0 Å². The van der Waals surface area contributed by atoms with E-state index < -0.39 is 5.97 Å². The molecule has 0 unspecified atom stereocenters. The van der Waals surface area contributed by atoms with Crippen LogP contribution in [0.3, 0.4) is 0 Å². The van der Waals surface area contributed by atoms with Crippen molar-refractivity contribution in [1.29, 1.82) is 0 Å². The number of urea groups is 1. The molecule has 110 valence electrons. The second-order valence-corrected chi connectivity index (χ2v) is 5.58. The molecule has 20 heavy (non-hydrogen) atoms. The summed E-state index contributed by atoms with van der Waals surface area (Å²) in [5.41, 5.74) is -0.0964. The minimum absolute atomic E-state index is 0.0777. The van der Waals surface area contributed by atoms with Gasteiger partial charge in [0.15, 0.2) is 5.69 Å². The smallest absolute Gasteiger partial charge is 0.358 e. The molecule has 2 N–H and O–H groups in total. The van der Waals surface area contributed by atoms with Crippen LogP contribution < -0.4 is 5.32 Å². The van der Waals surface area contributed by atoms with Crippen LogP contribution in [0.5, 0.6) is 0 Å². The van der Waals surface area contributed by atoms with Crippen molar-refractivity contribution in [3.05, 3.63) is 11.9 Å². The van der Waals surface area contributed by atoms with Crippen molar-refractivity contribution in [2.24, 2.45) is 0 Å². The van der Waals surface area contributed by atoms with Gasteiger partial charge in [-0.15, -0.1) is 5.10 Å². The summed E-state index contributed by atoms with van der Waals surface area (Å²) >= 11 is 1.86. The van der Waals surface area contributed by atoms with Gasteiger partial charge in [0, 0.05) is 25.4 Å². The van der Waals surface area contributed by atoms with Crippen molar-refractivity contribution in [1.82, 2.24) is 25.2 Å². The first-order valence-corrected chi connectivity index (χ1v) is 7.56. The molecule has 2 amide bonds. The molecule has 2 heterocycles. The van der Waals surface area contributed by atoms with Crippen LogP contribution in [-0.2, 0) is 6.54 Å². The number of nitrogens with zero attached hydrogens (tertiary/aromatic N) is 4. The minimum atomic E-state index is -1.11. The zero-order valence-corrected chi connectivity index (χ0v) is 11.8. The molecule has 0 radical (unpaired) electrons. The molecular formula is C11H17N5O3S. The molecule has 0 aliphatic carbocycles. The third-order valence-electron chi connectivity index (χ3n) is 2.88. The molecule has 2 rings (SSSR count). The Morgan fingerprint density at radius 1 is 1.40 bits per heavy atom. The SMILES string of the molecule is O=C(O)c1cn(CCNC(=O)N2CCCSCC2)nn1. The Balaban J connectivity index is 1.74. The fourth-order valence-electron chi connectivity index (χ4n) is 1.84. The van der Waals surface area contributed by atoms with Crippen molar-refractivity contribution in [2.75, 3.05) is 31.1 Å². The summed E-state index contributed by atoms with van der Waals surface area (Å²) in [6, 6.07) is -0.0777. The van der Waals surface area contributed by atoms with Gasteiger partial charge in [-0.25, -0.2) is 14.3 Å². The first-order valence-electron chi connectivity index (χ1n) is 6.41. The second kappa shape index (κ2) is 7.13. The number of carbonyl (C=O) groups is 2. The van der Waals surface area contributed by atoms with Crippen LogP contribution >= 0.6 is 11.8 Å². The van der Waals surface area contributed by atoms with Gasteiger partial charge in [-0.2, -0.15) is 11.8 Å². The Morgan fingerprint density at radius 3 is 3.00 bits per heavy atom. The molecule has 9 heteroatoms. The number of carbonyl (C=O) groups excluding carboxylic acids is 1. The minimum Gasteiger partial charge on any atom is -0.476 e. The Hall–Kier alpha value is -1.77. The van der Waals surface area contributed by atoms with Crippen LogP contribution in [0, 0.1) is 0 Å². The molecule has 1 aromatic heterocycles. The molecule has 1 fully saturated rings. The number of nitrogens with one attached hydrogen (secondary N) is 1. The van der Waals surface area contributed by atoms with E-state index in [1.165, 1.54) is 10.9 Å². The Labute approximate surface area is 120 Å². The maximum Gasteiger partial charge on any atom is 0.358 e. The summed E-state index contributed by atoms with van der Waals surface area (Å²) in [6.45, 7) is 2.34. The van der Waals surface area contributed by atoms with E-state index in [0.717, 1.165) is 31.0 Å². The van der Waals surface area contributed by atoms with Gasteiger partial charge in [0.2, 0.25) is 0 Å². The van der Waals surface area contributed by atoms with Crippen LogP contribution in [-0.4, -0.2) is 68.1 Å². The maximum atomic E-state index is 11.9. The number of aromatic carboxylic acids is 1. The number of hydrogen-bond acceptors (Lipinski definition) is 5. The van der Waals surface area contributed by atoms with E-state index in [2.05, 4.69) is 15.6 Å². The molecule has 8 nitrogen and oxygen atoms in total. The van der Waals surface area contributed by atoms with Crippen LogP contribution in [0.4, 0.5) is 4.79 Å². The molecule has 0 saturated carbocycles. The number of rotatable bonds is 4. The van der Waals surface area contributed by atoms with E-state index in [0.29, 0.717) is 13.1 Å². The van der Waals surface area contributed by atoms with E-state index in [-0.39, 0.29) is 11.7 Å². The third-order valence-corrected chi connectivity index (χ3v) is 3.93. The first-order chi connectivity index (χ1) is 9.66. The lowest BCUT2D eigenvalue weighted by Crippen LogP contribution is -2.42. The molecule has 0 spiro atoms. The highest BCUT2D eigenvalue weighted by Crippen LogP contribution is 2.09. The fourth-order valence-corrected chi connectivity index (χ4v) is 2.73. The van der Waals surface area contributed by atoms with Crippen LogP contribution in [0.2, 0.25) is 0 Å². The van der Waals surface area contributed by atoms with Crippen molar-refractivity contribution in [2.45, 2.75) is 13.0 Å². The lowest BCUT2D eigenvalue weighted by molar-refractivity contribution is 0.0690. The summed E-state index contributed by atoms with van der Waals surface area (Å²) < 4.78 is 1.40. The number of hydrogen-bond donors (Lipinski definition) is 2. The number of amides is 2. The number of carboxylic acid groups (broad SMARTS) is 1. The van der Waals surface area contributed by atoms with Gasteiger partial charge in [-0.3, -0.25) is 0 Å². The normalized spacial score (nSPS) is 15.7. The highest BCUT2D eigenvalue weighted by atomic mass is 32.2. The molecule has 0 bridgehead atoms. The highest BCUT2D eigenvalue weighted by molar-refractivity contribution is 7.99. The van der Waals surface area contributed by atoms with Gasteiger partial charge < -0.3 is 15.3 Å². The third kappa shape index (κ3) is 4.12. The number of thioether (sulfide) groups is 1. The largest absolute Gasteiger partial charge is 0.476 e. The summed E-state index contributed by atoms with van der Waals surface area (Å²) in [7, 11) is 0. The summed E-state index contributed by atoms with van der Waals surface area (Å²) in [4.78, 5) is 24.4. The van der Waals surface area contributed by atoms with Crippen molar-refractivity contribution in [3.63, 3.8) is 0 Å². The van der Waals surface area contributed by atoms with E-state index in [1.54, 1.807) is 0 Å². The highest BCUT2D eigenvalue weighted by Gasteiger charge is 2.15. The standard InChI is InChI=1S/C11H17N5O3S/c17-10(18)9-8-16(14-13-9)4-2-12-11(19)15-3-1-6-20-7-5-15/h8H,1-7H2,(H,12,19)(H,17,18). The van der Waals surface area contributed by atoms with E-state index in [1.807, 2.05) is 16.7 Å². The quantitative estimate of drug-likeness (QED) is 0.819. The van der Waals surface area contributed by atoms with Gasteiger partial charge in [0.05, 0.1) is 12.7 Å². The average molecular weight is 299 g/mol. The first kappa shape index (κ1) is 14.6. The molecule has 1 aliphatic rings. The molecule has 1 saturated heterocycles. The molecular weight excluding hydrogens is 282 g/mol. The zero-order chi connectivity index (χ0) is 14.4. The zero-order valence-electron chi connectivity index (χ0n) is 11.0. The van der Waals surface area contributed by atoms with Crippen molar-refractivity contribution < 1.29 is 14.7 Å². The predicted molar refractivity (Wildman–Crippen MR) is 73.9 cm³/mol. The van der Waals surface area contributed by atoms with E-state index in [4.69, 9.17) is 5.11 Å². The predicted octanol–water partition coefficient (Wildman–Crippen LogP) is 0.125. The van der Waals surface area contributed by atoms with Crippen LogP contribution in [0.15, 0.2) is 6.20 Å². The van der Waals surface area contributed by atoms with E-state index >= 15 is 0 Å². The molecule has 1 aromatic rings. The Bertz CT molecular complexity index is 470. The lowest BCUT2D eigenvalue weighted by atomic mass is 10.4. The van der Waals surface area contributed by atoms with Crippen molar-refractivity contribution in [3.8, 4) is 0 Å².